The van der Waals surface area contributed by atoms with Gasteiger partial charge in [-0.25, -0.2) is 0 Å². The topological polar surface area (TPSA) is 47.4 Å². The first-order valence-corrected chi connectivity index (χ1v) is 9.95. The number of hydrogen-bond donors (Lipinski definition) is 0. The number of likely N-dealkylation sites (tertiary alicyclic amines) is 1. The molecule has 1 saturated heterocycles. The number of nitrogens with zero attached hydrogens (tertiary/aromatic N) is 3. The molecule has 5 nitrogen and oxygen atoms in total. The number of aryl methyl sites for hydroxylation is 2. The summed E-state index contributed by atoms with van der Waals surface area (Å²) in [6, 6.07) is 10.1. The van der Waals surface area contributed by atoms with E-state index in [1.165, 1.54) is 6.42 Å². The Labute approximate surface area is 162 Å². The number of benzene rings is 1. The van der Waals surface area contributed by atoms with E-state index in [1.807, 2.05) is 34.7 Å². The second-order valence-corrected chi connectivity index (χ2v) is 7.68. The number of carbonyl (C=O) groups excluding carboxylic acids is 1. The third-order valence-electron chi connectivity index (χ3n) is 5.38. The maximum absolute atomic E-state index is 13.0. The predicted molar refractivity (Wildman–Crippen MR) is 107 cm³/mol. The molecule has 1 amide bonds. The molecular weight excluding hydrogens is 338 g/mol. The highest BCUT2D eigenvalue weighted by Crippen LogP contribution is 2.23. The van der Waals surface area contributed by atoms with Crippen LogP contribution in [0.5, 0.6) is 0 Å². The minimum Gasteiger partial charge on any atom is -0.385 e. The summed E-state index contributed by atoms with van der Waals surface area (Å²) >= 11 is 0. The van der Waals surface area contributed by atoms with Crippen LogP contribution in [-0.2, 0) is 11.3 Å². The van der Waals surface area contributed by atoms with Gasteiger partial charge in [-0.1, -0.05) is 12.1 Å². The summed E-state index contributed by atoms with van der Waals surface area (Å²) in [5.74, 6) is 0.748. The van der Waals surface area contributed by atoms with Gasteiger partial charge in [-0.05, 0) is 69.2 Å². The van der Waals surface area contributed by atoms with Crippen molar-refractivity contribution in [3.8, 4) is 0 Å². The second-order valence-electron chi connectivity index (χ2n) is 7.68. The standard InChI is InChI=1S/C22H31N3O2/c1-17-13-18(2)25(23-17)16-20-7-4-10-21(14-20)22(26)24-11-5-8-19(15-24)9-6-12-27-3/h4,7,10,13-14,19H,5-6,8-9,11-12,15-16H2,1-3H3/t19-/m1/s1. The average Bonchev–Trinajstić information content (AvgIpc) is 2.99. The van der Waals surface area contributed by atoms with Gasteiger partial charge >= 0.3 is 0 Å². The van der Waals surface area contributed by atoms with Crippen LogP contribution in [0.4, 0.5) is 0 Å². The molecule has 1 aliphatic rings. The highest BCUT2D eigenvalue weighted by Gasteiger charge is 2.24. The van der Waals surface area contributed by atoms with Gasteiger partial charge in [0.15, 0.2) is 0 Å². The van der Waals surface area contributed by atoms with E-state index in [9.17, 15) is 4.79 Å². The van der Waals surface area contributed by atoms with Gasteiger partial charge in [-0.15, -0.1) is 0 Å². The van der Waals surface area contributed by atoms with Crippen LogP contribution in [0.15, 0.2) is 30.3 Å². The van der Waals surface area contributed by atoms with Crippen LogP contribution in [0.1, 0.15) is 53.0 Å². The van der Waals surface area contributed by atoms with E-state index in [4.69, 9.17) is 4.74 Å². The van der Waals surface area contributed by atoms with Crippen molar-refractivity contribution < 1.29 is 9.53 Å². The Balaban J connectivity index is 1.65. The van der Waals surface area contributed by atoms with E-state index >= 15 is 0 Å². The van der Waals surface area contributed by atoms with Crippen LogP contribution in [-0.4, -0.2) is 47.4 Å². The zero-order valence-electron chi connectivity index (χ0n) is 16.8. The summed E-state index contributed by atoms with van der Waals surface area (Å²) in [5, 5.41) is 4.53. The summed E-state index contributed by atoms with van der Waals surface area (Å²) in [4.78, 5) is 15.1. The van der Waals surface area contributed by atoms with Gasteiger partial charge in [0.25, 0.3) is 5.91 Å². The molecule has 3 rings (SSSR count). The van der Waals surface area contributed by atoms with E-state index in [0.717, 1.165) is 61.5 Å². The Bertz CT molecular complexity index is 769. The maximum Gasteiger partial charge on any atom is 0.253 e. The normalized spacial score (nSPS) is 17.3. The lowest BCUT2D eigenvalue weighted by Crippen LogP contribution is -2.40. The predicted octanol–water partition coefficient (Wildman–Crippen LogP) is 3.83. The molecule has 1 atom stereocenters. The van der Waals surface area contributed by atoms with Gasteiger partial charge < -0.3 is 9.64 Å². The number of aromatic nitrogens is 2. The highest BCUT2D eigenvalue weighted by molar-refractivity contribution is 5.94. The first-order valence-electron chi connectivity index (χ1n) is 9.95. The lowest BCUT2D eigenvalue weighted by atomic mass is 9.93. The number of hydrogen-bond acceptors (Lipinski definition) is 3. The van der Waals surface area contributed by atoms with Crippen molar-refractivity contribution in [3.05, 3.63) is 52.8 Å². The molecule has 0 spiro atoms. The highest BCUT2D eigenvalue weighted by atomic mass is 16.5. The van der Waals surface area contributed by atoms with Crippen LogP contribution < -0.4 is 0 Å². The maximum atomic E-state index is 13.0. The lowest BCUT2D eigenvalue weighted by molar-refractivity contribution is 0.0660. The summed E-state index contributed by atoms with van der Waals surface area (Å²) in [6.07, 6.45) is 4.51. The van der Waals surface area contributed by atoms with Crippen molar-refractivity contribution in [2.24, 2.45) is 5.92 Å². The SMILES string of the molecule is COCCC[C@H]1CCCN(C(=O)c2cccc(Cn3nc(C)cc3C)c2)C1. The van der Waals surface area contributed by atoms with Crippen LogP contribution in [0, 0.1) is 19.8 Å². The number of carbonyl (C=O) groups is 1. The smallest absolute Gasteiger partial charge is 0.253 e. The van der Waals surface area contributed by atoms with Crippen LogP contribution in [0.2, 0.25) is 0 Å². The molecule has 1 aromatic heterocycles. The molecule has 2 aromatic rings. The molecule has 0 N–H and O–H groups in total. The van der Waals surface area contributed by atoms with Crippen LogP contribution >= 0.6 is 0 Å². The molecule has 0 unspecified atom stereocenters. The zero-order valence-corrected chi connectivity index (χ0v) is 16.8. The lowest BCUT2D eigenvalue weighted by Gasteiger charge is -2.33. The number of ether oxygens (including phenoxy) is 1. The van der Waals surface area contributed by atoms with Crippen molar-refractivity contribution >= 4 is 5.91 Å². The number of amides is 1. The van der Waals surface area contributed by atoms with Gasteiger partial charge in [0, 0.05) is 38.1 Å². The van der Waals surface area contributed by atoms with Gasteiger partial charge in [0.1, 0.15) is 0 Å². The quantitative estimate of drug-likeness (QED) is 0.697. The Morgan fingerprint density at radius 2 is 2.15 bits per heavy atom. The fourth-order valence-electron chi connectivity index (χ4n) is 3.99. The third kappa shape index (κ3) is 5.19. The van der Waals surface area contributed by atoms with Crippen molar-refractivity contribution in [2.75, 3.05) is 26.8 Å². The average molecular weight is 370 g/mol. The number of piperidine rings is 1. The van der Waals surface area contributed by atoms with Crippen LogP contribution in [0.3, 0.4) is 0 Å². The fraction of sp³-hybridized carbons (Fsp3) is 0.545. The van der Waals surface area contributed by atoms with E-state index in [2.05, 4.69) is 24.2 Å². The first kappa shape index (κ1) is 19.6. The Morgan fingerprint density at radius 1 is 1.30 bits per heavy atom. The largest absolute Gasteiger partial charge is 0.385 e. The Morgan fingerprint density at radius 3 is 2.89 bits per heavy atom. The monoisotopic (exact) mass is 369 g/mol. The number of methoxy groups -OCH3 is 1. The van der Waals surface area contributed by atoms with Crippen molar-refractivity contribution in [3.63, 3.8) is 0 Å². The molecule has 0 aliphatic carbocycles. The summed E-state index contributed by atoms with van der Waals surface area (Å²) in [6.45, 7) is 7.29. The fourth-order valence-corrected chi connectivity index (χ4v) is 3.99. The summed E-state index contributed by atoms with van der Waals surface area (Å²) < 4.78 is 7.15. The van der Waals surface area contributed by atoms with Gasteiger partial charge in [-0.3, -0.25) is 9.48 Å². The molecule has 2 heterocycles. The molecule has 1 aromatic carbocycles. The zero-order chi connectivity index (χ0) is 19.2. The van der Waals surface area contributed by atoms with Gasteiger partial charge in [0.2, 0.25) is 0 Å². The van der Waals surface area contributed by atoms with Crippen molar-refractivity contribution in [1.82, 2.24) is 14.7 Å². The van der Waals surface area contributed by atoms with E-state index < -0.39 is 0 Å². The Kier molecular flexibility index (Phi) is 6.67. The van der Waals surface area contributed by atoms with E-state index in [1.54, 1.807) is 7.11 Å². The van der Waals surface area contributed by atoms with E-state index in [0.29, 0.717) is 12.5 Å². The molecule has 5 heteroatoms. The minimum atomic E-state index is 0.154. The van der Waals surface area contributed by atoms with Crippen LogP contribution in [0.25, 0.3) is 0 Å². The van der Waals surface area contributed by atoms with Gasteiger partial charge in [0.05, 0.1) is 12.2 Å². The minimum absolute atomic E-state index is 0.154. The molecule has 27 heavy (non-hydrogen) atoms. The molecule has 1 fully saturated rings. The molecular formula is C22H31N3O2. The van der Waals surface area contributed by atoms with Crippen molar-refractivity contribution in [2.45, 2.75) is 46.1 Å². The van der Waals surface area contributed by atoms with E-state index in [-0.39, 0.29) is 5.91 Å². The summed E-state index contributed by atoms with van der Waals surface area (Å²) in [7, 11) is 1.75. The molecule has 0 saturated carbocycles. The molecule has 0 radical (unpaired) electrons. The molecule has 146 valence electrons. The second kappa shape index (κ2) is 9.18. The third-order valence-corrected chi connectivity index (χ3v) is 5.38. The Hall–Kier alpha value is -2.14. The first-order chi connectivity index (χ1) is 13.1. The van der Waals surface area contributed by atoms with Gasteiger partial charge in [-0.2, -0.15) is 5.10 Å². The molecule has 0 bridgehead atoms. The number of rotatable bonds is 7. The summed E-state index contributed by atoms with van der Waals surface area (Å²) in [5.41, 5.74) is 4.05. The van der Waals surface area contributed by atoms with Crippen molar-refractivity contribution in [1.29, 1.82) is 0 Å². The molecule has 1 aliphatic heterocycles.